The number of hydrogen-bond acceptors (Lipinski definition) is 4. The Bertz CT molecular complexity index is 668. The topological polar surface area (TPSA) is 71.2 Å². The van der Waals surface area contributed by atoms with Gasteiger partial charge in [-0.05, 0) is 24.4 Å². The van der Waals surface area contributed by atoms with Crippen molar-refractivity contribution in [3.63, 3.8) is 0 Å². The lowest BCUT2D eigenvalue weighted by Crippen LogP contribution is -2.19. The number of aromatic nitrogens is 2. The Morgan fingerprint density at radius 2 is 2.39 bits per heavy atom. The SMILES string of the molecule is C=CCn1c(O)c(Cc2ccco2)c(=O)[nH]c1=S. The zero-order chi connectivity index (χ0) is 13.1. The standard InChI is InChI=1S/C12H12N2O3S/c1-2-5-14-11(16)9(10(15)13-12(14)18)7-8-4-3-6-17-8/h2-4,6,16H,1,5,7H2,(H,13,15,18). The smallest absolute Gasteiger partial charge is 0.259 e. The minimum atomic E-state index is -0.408. The summed E-state index contributed by atoms with van der Waals surface area (Å²) < 4.78 is 6.73. The molecule has 0 atom stereocenters. The summed E-state index contributed by atoms with van der Waals surface area (Å²) in [6.45, 7) is 3.90. The van der Waals surface area contributed by atoms with Gasteiger partial charge in [-0.1, -0.05) is 6.08 Å². The molecule has 0 aliphatic carbocycles. The van der Waals surface area contributed by atoms with Crippen LogP contribution in [-0.4, -0.2) is 14.7 Å². The first-order valence-electron chi connectivity index (χ1n) is 5.31. The Balaban J connectivity index is 2.53. The minimum Gasteiger partial charge on any atom is -0.494 e. The van der Waals surface area contributed by atoms with Gasteiger partial charge in [0.05, 0.1) is 11.8 Å². The van der Waals surface area contributed by atoms with Crippen LogP contribution >= 0.6 is 12.2 Å². The van der Waals surface area contributed by atoms with Gasteiger partial charge < -0.3 is 9.52 Å². The fourth-order valence-electron chi connectivity index (χ4n) is 1.65. The van der Waals surface area contributed by atoms with Crippen molar-refractivity contribution in [2.45, 2.75) is 13.0 Å². The summed E-state index contributed by atoms with van der Waals surface area (Å²) in [5, 5.41) is 10.1. The van der Waals surface area contributed by atoms with Gasteiger partial charge in [-0.15, -0.1) is 6.58 Å². The zero-order valence-electron chi connectivity index (χ0n) is 9.55. The van der Waals surface area contributed by atoms with Crippen molar-refractivity contribution >= 4 is 12.2 Å². The first-order valence-corrected chi connectivity index (χ1v) is 5.72. The van der Waals surface area contributed by atoms with Crippen LogP contribution in [0.3, 0.4) is 0 Å². The number of nitrogens with zero attached hydrogens (tertiary/aromatic N) is 1. The van der Waals surface area contributed by atoms with Crippen molar-refractivity contribution in [2.24, 2.45) is 0 Å². The van der Waals surface area contributed by atoms with Crippen LogP contribution in [0.2, 0.25) is 0 Å². The molecule has 2 N–H and O–H groups in total. The number of hydrogen-bond donors (Lipinski definition) is 2. The van der Waals surface area contributed by atoms with Crippen LogP contribution in [0.25, 0.3) is 0 Å². The van der Waals surface area contributed by atoms with Crippen molar-refractivity contribution in [1.82, 2.24) is 9.55 Å². The van der Waals surface area contributed by atoms with E-state index in [0.717, 1.165) is 0 Å². The van der Waals surface area contributed by atoms with Gasteiger partial charge >= 0.3 is 0 Å². The number of H-pyrrole nitrogens is 1. The Morgan fingerprint density at radius 1 is 1.61 bits per heavy atom. The van der Waals surface area contributed by atoms with Gasteiger partial charge in [0, 0.05) is 13.0 Å². The number of aromatic hydroxyl groups is 1. The van der Waals surface area contributed by atoms with E-state index in [2.05, 4.69) is 11.6 Å². The lowest BCUT2D eigenvalue weighted by atomic mass is 10.2. The second-order valence-corrected chi connectivity index (χ2v) is 4.10. The predicted molar refractivity (Wildman–Crippen MR) is 69.3 cm³/mol. The number of rotatable bonds is 4. The molecule has 6 heteroatoms. The van der Waals surface area contributed by atoms with Gasteiger partial charge in [-0.25, -0.2) is 0 Å². The Labute approximate surface area is 108 Å². The zero-order valence-corrected chi connectivity index (χ0v) is 10.4. The van der Waals surface area contributed by atoms with E-state index >= 15 is 0 Å². The third-order valence-electron chi connectivity index (χ3n) is 2.51. The van der Waals surface area contributed by atoms with Crippen molar-refractivity contribution in [2.75, 3.05) is 0 Å². The molecule has 5 nitrogen and oxygen atoms in total. The monoisotopic (exact) mass is 264 g/mol. The molecule has 0 radical (unpaired) electrons. The second-order valence-electron chi connectivity index (χ2n) is 3.72. The third-order valence-corrected chi connectivity index (χ3v) is 2.83. The fourth-order valence-corrected chi connectivity index (χ4v) is 1.90. The van der Waals surface area contributed by atoms with Crippen LogP contribution in [0.5, 0.6) is 5.88 Å². The van der Waals surface area contributed by atoms with Gasteiger partial charge in [0.1, 0.15) is 5.76 Å². The van der Waals surface area contributed by atoms with E-state index in [4.69, 9.17) is 16.6 Å². The molecule has 0 fully saturated rings. The molecule has 94 valence electrons. The van der Waals surface area contributed by atoms with E-state index < -0.39 is 5.56 Å². The van der Waals surface area contributed by atoms with Crippen molar-refractivity contribution in [3.05, 3.63) is 57.5 Å². The number of allylic oxidation sites excluding steroid dienone is 1. The van der Waals surface area contributed by atoms with Crippen LogP contribution < -0.4 is 5.56 Å². The highest BCUT2D eigenvalue weighted by Gasteiger charge is 2.13. The summed E-state index contributed by atoms with van der Waals surface area (Å²) in [5.74, 6) is 0.443. The summed E-state index contributed by atoms with van der Waals surface area (Å²) in [7, 11) is 0. The lowest BCUT2D eigenvalue weighted by molar-refractivity contribution is 0.404. The van der Waals surface area contributed by atoms with E-state index in [1.807, 2.05) is 0 Å². The maximum absolute atomic E-state index is 11.8. The van der Waals surface area contributed by atoms with Crippen molar-refractivity contribution in [3.8, 4) is 5.88 Å². The maximum Gasteiger partial charge on any atom is 0.259 e. The molecule has 0 aromatic carbocycles. The Morgan fingerprint density at radius 3 is 3.00 bits per heavy atom. The van der Waals surface area contributed by atoms with Gasteiger partial charge in [-0.3, -0.25) is 14.3 Å². The van der Waals surface area contributed by atoms with Gasteiger partial charge in [0.2, 0.25) is 5.88 Å². The van der Waals surface area contributed by atoms with Crippen LogP contribution in [0.1, 0.15) is 11.3 Å². The predicted octanol–water partition coefficient (Wildman–Crippen LogP) is 1.98. The Kier molecular flexibility index (Phi) is 3.47. The first-order chi connectivity index (χ1) is 8.63. The maximum atomic E-state index is 11.8. The van der Waals surface area contributed by atoms with Gasteiger partial charge in [0.25, 0.3) is 5.56 Å². The normalized spacial score (nSPS) is 10.4. The van der Waals surface area contributed by atoms with Gasteiger partial charge in [0.15, 0.2) is 4.77 Å². The average molecular weight is 264 g/mol. The molecule has 0 aliphatic heterocycles. The second kappa shape index (κ2) is 5.05. The largest absolute Gasteiger partial charge is 0.494 e. The summed E-state index contributed by atoms with van der Waals surface area (Å²) >= 11 is 4.98. The van der Waals surface area contributed by atoms with E-state index in [1.165, 1.54) is 10.8 Å². The van der Waals surface area contributed by atoms with Gasteiger partial charge in [-0.2, -0.15) is 0 Å². The summed E-state index contributed by atoms with van der Waals surface area (Å²) in [6, 6.07) is 3.46. The van der Waals surface area contributed by atoms with E-state index in [1.54, 1.807) is 18.2 Å². The highest BCUT2D eigenvalue weighted by atomic mass is 32.1. The van der Waals surface area contributed by atoms with Crippen molar-refractivity contribution in [1.29, 1.82) is 0 Å². The molecule has 0 aliphatic rings. The van der Waals surface area contributed by atoms with E-state index in [9.17, 15) is 9.90 Å². The molecular formula is C12H12N2O3S. The van der Waals surface area contributed by atoms with Crippen LogP contribution in [0.15, 0.2) is 40.3 Å². The molecule has 18 heavy (non-hydrogen) atoms. The fraction of sp³-hybridized carbons (Fsp3) is 0.167. The summed E-state index contributed by atoms with van der Waals surface area (Å²) in [6.07, 6.45) is 3.31. The molecule has 2 rings (SSSR count). The quantitative estimate of drug-likeness (QED) is 0.654. The van der Waals surface area contributed by atoms with Crippen molar-refractivity contribution < 1.29 is 9.52 Å². The number of nitrogens with one attached hydrogen (secondary N) is 1. The molecular weight excluding hydrogens is 252 g/mol. The first kappa shape index (κ1) is 12.4. The van der Waals surface area contributed by atoms with E-state index in [0.29, 0.717) is 12.3 Å². The number of aromatic amines is 1. The molecule has 0 unspecified atom stereocenters. The molecule has 0 bridgehead atoms. The Hall–Kier alpha value is -2.08. The molecule has 0 saturated heterocycles. The molecule has 2 aromatic heterocycles. The molecule has 0 spiro atoms. The van der Waals surface area contributed by atoms with Crippen LogP contribution in [0.4, 0.5) is 0 Å². The molecule has 2 aromatic rings. The molecule has 2 heterocycles. The van der Waals surface area contributed by atoms with E-state index in [-0.39, 0.29) is 22.6 Å². The third kappa shape index (κ3) is 2.28. The number of furan rings is 1. The summed E-state index contributed by atoms with van der Waals surface area (Å²) in [4.78, 5) is 14.3. The van der Waals surface area contributed by atoms with Crippen LogP contribution in [-0.2, 0) is 13.0 Å². The molecule has 0 saturated carbocycles. The summed E-state index contributed by atoms with van der Waals surface area (Å²) in [5.41, 5.74) is -0.186. The minimum absolute atomic E-state index is 0.153. The molecule has 0 amide bonds. The highest BCUT2D eigenvalue weighted by Crippen LogP contribution is 2.17. The highest BCUT2D eigenvalue weighted by molar-refractivity contribution is 7.71. The van der Waals surface area contributed by atoms with Crippen LogP contribution in [0, 0.1) is 4.77 Å². The average Bonchev–Trinajstić information content (AvgIpc) is 2.83. The lowest BCUT2D eigenvalue weighted by Gasteiger charge is -2.10.